The van der Waals surface area contributed by atoms with E-state index in [0.29, 0.717) is 5.56 Å². The molecule has 3 heteroatoms. The van der Waals surface area contributed by atoms with Crippen LogP contribution in [0.2, 0.25) is 0 Å². The van der Waals surface area contributed by atoms with Crippen LogP contribution in [0.4, 0.5) is 5.69 Å². The first-order valence-electron chi connectivity index (χ1n) is 8.10. The second kappa shape index (κ2) is 8.41. The quantitative estimate of drug-likeness (QED) is 0.409. The van der Waals surface area contributed by atoms with Gasteiger partial charge in [-0.2, -0.15) is 5.26 Å². The van der Waals surface area contributed by atoms with Crippen LogP contribution in [0.5, 0.6) is 0 Å². The van der Waals surface area contributed by atoms with Gasteiger partial charge in [-0.25, -0.2) is 4.99 Å². The van der Waals surface area contributed by atoms with Gasteiger partial charge in [-0.1, -0.05) is 76.6 Å². The summed E-state index contributed by atoms with van der Waals surface area (Å²) >= 11 is 3.49. The molecule has 0 heterocycles. The van der Waals surface area contributed by atoms with Crippen molar-refractivity contribution in [2.75, 3.05) is 5.33 Å². The van der Waals surface area contributed by atoms with Crippen LogP contribution in [0.15, 0.2) is 83.9 Å². The normalized spacial score (nSPS) is 10.1. The number of nitrogens with zero attached hydrogens (tertiary/aromatic N) is 2. The zero-order valence-electron chi connectivity index (χ0n) is 13.7. The summed E-state index contributed by atoms with van der Waals surface area (Å²) in [7, 11) is 0. The van der Waals surface area contributed by atoms with Gasteiger partial charge < -0.3 is 0 Å². The van der Waals surface area contributed by atoms with Crippen molar-refractivity contribution in [2.45, 2.75) is 6.42 Å². The maximum absolute atomic E-state index is 9.16. The number of aryl methyl sites for hydroxylation is 1. The standard InChI is InChI=1S/C22H17BrN2/c23-14-13-20-15-17(16-24)11-12-21(20)25-22(18-7-3-1-4-8-18)19-9-5-2-6-10-19/h1-12,15H,13-14H2. The molecule has 0 N–H and O–H groups in total. The van der Waals surface area contributed by atoms with E-state index in [1.54, 1.807) is 0 Å². The predicted octanol–water partition coefficient (Wildman–Crippen LogP) is 5.66. The molecule has 25 heavy (non-hydrogen) atoms. The van der Waals surface area contributed by atoms with Crippen LogP contribution < -0.4 is 0 Å². The average molecular weight is 389 g/mol. The Morgan fingerprint density at radius 3 is 2.00 bits per heavy atom. The van der Waals surface area contributed by atoms with Crippen LogP contribution in [0.1, 0.15) is 22.3 Å². The summed E-state index contributed by atoms with van der Waals surface area (Å²) in [5.41, 5.74) is 5.71. The number of rotatable bonds is 5. The Balaban J connectivity index is 2.16. The average Bonchev–Trinajstić information content (AvgIpc) is 2.68. The number of hydrogen-bond acceptors (Lipinski definition) is 2. The Kier molecular flexibility index (Phi) is 5.77. The van der Waals surface area contributed by atoms with Crippen molar-refractivity contribution in [1.82, 2.24) is 0 Å². The molecule has 3 aromatic rings. The summed E-state index contributed by atoms with van der Waals surface area (Å²) < 4.78 is 0. The molecule has 0 saturated carbocycles. The highest BCUT2D eigenvalue weighted by molar-refractivity contribution is 9.09. The Labute approximate surface area is 156 Å². The minimum absolute atomic E-state index is 0.663. The fraction of sp³-hybridized carbons (Fsp3) is 0.0909. The molecule has 0 aromatic heterocycles. The SMILES string of the molecule is N#Cc1ccc(N=C(c2ccccc2)c2ccccc2)c(CCBr)c1. The van der Waals surface area contributed by atoms with Crippen LogP contribution >= 0.6 is 15.9 Å². The molecular weight excluding hydrogens is 372 g/mol. The third-order valence-electron chi connectivity index (χ3n) is 3.90. The predicted molar refractivity (Wildman–Crippen MR) is 107 cm³/mol. The van der Waals surface area contributed by atoms with Crippen LogP contribution in [-0.2, 0) is 6.42 Å². The van der Waals surface area contributed by atoms with Gasteiger partial charge in [-0.3, -0.25) is 0 Å². The van der Waals surface area contributed by atoms with E-state index in [0.717, 1.165) is 39.8 Å². The van der Waals surface area contributed by atoms with Gasteiger partial charge in [-0.05, 0) is 30.2 Å². The summed E-state index contributed by atoms with van der Waals surface area (Å²) in [5.74, 6) is 0. The van der Waals surface area contributed by atoms with Gasteiger partial charge in [0.25, 0.3) is 0 Å². The number of benzene rings is 3. The van der Waals surface area contributed by atoms with E-state index in [1.165, 1.54) is 0 Å². The molecule has 3 rings (SSSR count). The number of halogens is 1. The minimum atomic E-state index is 0.663. The summed E-state index contributed by atoms with van der Waals surface area (Å²) in [6.07, 6.45) is 0.825. The maximum atomic E-state index is 9.16. The van der Waals surface area contributed by atoms with Crippen LogP contribution in [0.25, 0.3) is 0 Å². The maximum Gasteiger partial charge on any atom is 0.0991 e. The fourth-order valence-electron chi connectivity index (χ4n) is 2.67. The second-order valence-electron chi connectivity index (χ2n) is 5.59. The highest BCUT2D eigenvalue weighted by Crippen LogP contribution is 2.25. The first-order valence-corrected chi connectivity index (χ1v) is 9.22. The second-order valence-corrected chi connectivity index (χ2v) is 6.38. The van der Waals surface area contributed by atoms with Gasteiger partial charge in [0.1, 0.15) is 0 Å². The summed E-state index contributed by atoms with van der Waals surface area (Å²) in [6.45, 7) is 0. The molecule has 3 aromatic carbocycles. The van der Waals surface area contributed by atoms with E-state index in [1.807, 2.05) is 54.6 Å². The van der Waals surface area contributed by atoms with Gasteiger partial charge >= 0.3 is 0 Å². The molecule has 122 valence electrons. The summed E-state index contributed by atoms with van der Waals surface area (Å²) in [6, 6.07) is 28.3. The molecule has 0 atom stereocenters. The topological polar surface area (TPSA) is 36.1 Å². The zero-order chi connectivity index (χ0) is 17.5. The van der Waals surface area contributed by atoms with Gasteiger partial charge in [0.15, 0.2) is 0 Å². The molecule has 0 spiro atoms. The fourth-order valence-corrected chi connectivity index (χ4v) is 3.10. The van der Waals surface area contributed by atoms with Crippen molar-refractivity contribution in [3.05, 3.63) is 101 Å². The van der Waals surface area contributed by atoms with Crippen molar-refractivity contribution >= 4 is 27.3 Å². The molecule has 2 nitrogen and oxygen atoms in total. The van der Waals surface area contributed by atoms with Crippen molar-refractivity contribution in [1.29, 1.82) is 5.26 Å². The first kappa shape index (κ1) is 17.1. The Bertz CT molecular complexity index is 868. The largest absolute Gasteiger partial charge is 0.248 e. The Hall–Kier alpha value is -2.70. The van der Waals surface area contributed by atoms with Crippen LogP contribution in [0.3, 0.4) is 0 Å². The molecule has 0 saturated heterocycles. The minimum Gasteiger partial charge on any atom is -0.248 e. The molecule has 0 radical (unpaired) electrons. The van der Waals surface area contributed by atoms with Gasteiger partial charge in [0, 0.05) is 16.5 Å². The molecular formula is C22H17BrN2. The van der Waals surface area contributed by atoms with E-state index in [2.05, 4.69) is 46.3 Å². The van der Waals surface area contributed by atoms with E-state index >= 15 is 0 Å². The lowest BCUT2D eigenvalue weighted by molar-refractivity contribution is 1.16. The molecule has 0 unspecified atom stereocenters. The van der Waals surface area contributed by atoms with Crippen molar-refractivity contribution < 1.29 is 0 Å². The number of alkyl halides is 1. The van der Waals surface area contributed by atoms with Crippen LogP contribution in [-0.4, -0.2) is 11.0 Å². The smallest absolute Gasteiger partial charge is 0.0991 e. The Morgan fingerprint density at radius 1 is 0.880 bits per heavy atom. The highest BCUT2D eigenvalue weighted by Gasteiger charge is 2.09. The molecule has 0 fully saturated rings. The van der Waals surface area contributed by atoms with Crippen molar-refractivity contribution in [3.8, 4) is 6.07 Å². The lowest BCUT2D eigenvalue weighted by atomic mass is 10.0. The van der Waals surface area contributed by atoms with E-state index in [-0.39, 0.29) is 0 Å². The number of hydrogen-bond donors (Lipinski definition) is 0. The molecule has 0 aliphatic heterocycles. The Morgan fingerprint density at radius 2 is 1.48 bits per heavy atom. The zero-order valence-corrected chi connectivity index (χ0v) is 15.3. The third-order valence-corrected chi connectivity index (χ3v) is 4.30. The third kappa shape index (κ3) is 4.23. The number of aliphatic imine (C=N–C) groups is 1. The molecule has 0 bridgehead atoms. The summed E-state index contributed by atoms with van der Waals surface area (Å²) in [4.78, 5) is 4.98. The molecule has 0 aliphatic rings. The monoisotopic (exact) mass is 388 g/mol. The molecule has 0 aliphatic carbocycles. The number of nitriles is 1. The van der Waals surface area contributed by atoms with Gasteiger partial charge in [-0.15, -0.1) is 0 Å². The van der Waals surface area contributed by atoms with Crippen molar-refractivity contribution in [3.63, 3.8) is 0 Å². The lowest BCUT2D eigenvalue weighted by Crippen LogP contribution is -2.03. The molecule has 0 amide bonds. The van der Waals surface area contributed by atoms with E-state index in [9.17, 15) is 0 Å². The van der Waals surface area contributed by atoms with Gasteiger partial charge in [0.05, 0.1) is 23.0 Å². The van der Waals surface area contributed by atoms with Crippen LogP contribution in [0, 0.1) is 11.3 Å². The van der Waals surface area contributed by atoms with Gasteiger partial charge in [0.2, 0.25) is 0 Å². The first-order chi connectivity index (χ1) is 12.3. The van der Waals surface area contributed by atoms with E-state index in [4.69, 9.17) is 10.3 Å². The highest BCUT2D eigenvalue weighted by atomic mass is 79.9. The summed E-state index contributed by atoms with van der Waals surface area (Å²) in [5, 5.41) is 9.99. The van der Waals surface area contributed by atoms with Crippen molar-refractivity contribution in [2.24, 2.45) is 4.99 Å². The lowest BCUT2D eigenvalue weighted by Gasteiger charge is -2.10. The van der Waals surface area contributed by atoms with E-state index < -0.39 is 0 Å².